The fourth-order valence-electron chi connectivity index (χ4n) is 1.10. The Morgan fingerprint density at radius 3 is 2.11 bits per heavy atom. The maximum absolute atomic E-state index is 5.31. The number of methoxy groups -OCH3 is 1. The predicted octanol–water partition coefficient (Wildman–Crippen LogP) is 4.36. The SMILES string of the molecule is C=C/C=C(\C=C)OC(C)C.COc1ccccc1. The Hall–Kier alpha value is -1.96. The molecule has 1 rings (SSSR count). The fraction of sp³-hybridized carbons (Fsp3) is 0.250. The van der Waals surface area contributed by atoms with Crippen LogP contribution in [0, 0.1) is 0 Å². The third-order valence-corrected chi connectivity index (χ3v) is 1.83. The van der Waals surface area contributed by atoms with E-state index in [9.17, 15) is 0 Å². The van der Waals surface area contributed by atoms with Gasteiger partial charge >= 0.3 is 0 Å². The summed E-state index contributed by atoms with van der Waals surface area (Å²) in [4.78, 5) is 0. The van der Waals surface area contributed by atoms with Gasteiger partial charge in [-0.15, -0.1) is 0 Å². The summed E-state index contributed by atoms with van der Waals surface area (Å²) in [6.07, 6.45) is 5.33. The van der Waals surface area contributed by atoms with Crippen molar-refractivity contribution < 1.29 is 9.47 Å². The molecule has 2 heteroatoms. The number of hydrogen-bond donors (Lipinski definition) is 0. The molecule has 0 saturated carbocycles. The lowest BCUT2D eigenvalue weighted by Gasteiger charge is -2.08. The van der Waals surface area contributed by atoms with Crippen molar-refractivity contribution in [3.05, 3.63) is 67.5 Å². The highest BCUT2D eigenvalue weighted by molar-refractivity contribution is 5.20. The number of benzene rings is 1. The van der Waals surface area contributed by atoms with E-state index in [-0.39, 0.29) is 6.10 Å². The average molecular weight is 246 g/mol. The van der Waals surface area contributed by atoms with Crippen LogP contribution in [-0.4, -0.2) is 13.2 Å². The van der Waals surface area contributed by atoms with E-state index in [0.717, 1.165) is 11.5 Å². The molecule has 0 atom stereocenters. The van der Waals surface area contributed by atoms with Gasteiger partial charge in [0.05, 0.1) is 13.2 Å². The Balaban J connectivity index is 0.000000327. The van der Waals surface area contributed by atoms with Crippen molar-refractivity contribution in [3.63, 3.8) is 0 Å². The van der Waals surface area contributed by atoms with Gasteiger partial charge in [0, 0.05) is 0 Å². The first-order valence-corrected chi connectivity index (χ1v) is 5.84. The lowest BCUT2D eigenvalue weighted by molar-refractivity contribution is 0.158. The Morgan fingerprint density at radius 1 is 1.17 bits per heavy atom. The summed E-state index contributed by atoms with van der Waals surface area (Å²) in [5, 5.41) is 0. The van der Waals surface area contributed by atoms with Crippen LogP contribution < -0.4 is 4.74 Å². The van der Waals surface area contributed by atoms with Crippen molar-refractivity contribution in [1.82, 2.24) is 0 Å². The van der Waals surface area contributed by atoms with Gasteiger partial charge in [0.15, 0.2) is 0 Å². The van der Waals surface area contributed by atoms with Crippen LogP contribution in [0.2, 0.25) is 0 Å². The molecule has 0 saturated heterocycles. The second kappa shape index (κ2) is 10.2. The first kappa shape index (κ1) is 16.0. The van der Waals surface area contributed by atoms with E-state index in [2.05, 4.69) is 13.2 Å². The number of para-hydroxylation sites is 1. The number of hydrogen-bond acceptors (Lipinski definition) is 2. The molecule has 1 aromatic carbocycles. The van der Waals surface area contributed by atoms with E-state index in [1.807, 2.05) is 44.2 Å². The van der Waals surface area contributed by atoms with Crippen LogP contribution in [0.4, 0.5) is 0 Å². The molecule has 2 nitrogen and oxygen atoms in total. The molecule has 0 bridgehead atoms. The highest BCUT2D eigenvalue weighted by Gasteiger charge is 1.93. The summed E-state index contributed by atoms with van der Waals surface area (Å²) in [7, 11) is 1.66. The Labute approximate surface area is 110 Å². The van der Waals surface area contributed by atoms with Crippen molar-refractivity contribution in [2.24, 2.45) is 0 Å². The summed E-state index contributed by atoms with van der Waals surface area (Å²) >= 11 is 0. The molecule has 0 radical (unpaired) electrons. The van der Waals surface area contributed by atoms with Crippen molar-refractivity contribution in [2.45, 2.75) is 20.0 Å². The highest BCUT2D eigenvalue weighted by Crippen LogP contribution is 2.05. The van der Waals surface area contributed by atoms with Crippen LogP contribution >= 0.6 is 0 Å². The normalized spacial score (nSPS) is 10.1. The molecule has 18 heavy (non-hydrogen) atoms. The first-order valence-electron chi connectivity index (χ1n) is 5.84. The minimum Gasteiger partial charge on any atom is -0.497 e. The summed E-state index contributed by atoms with van der Waals surface area (Å²) in [6.45, 7) is 11.1. The topological polar surface area (TPSA) is 18.5 Å². The minimum atomic E-state index is 0.198. The van der Waals surface area contributed by atoms with Crippen molar-refractivity contribution in [1.29, 1.82) is 0 Å². The molecule has 0 spiro atoms. The van der Waals surface area contributed by atoms with Gasteiger partial charge < -0.3 is 9.47 Å². The van der Waals surface area contributed by atoms with Crippen molar-refractivity contribution in [2.75, 3.05) is 7.11 Å². The molecule has 0 N–H and O–H groups in total. The molecule has 0 unspecified atom stereocenters. The second-order valence-electron chi connectivity index (χ2n) is 3.69. The maximum Gasteiger partial charge on any atom is 0.119 e. The van der Waals surface area contributed by atoms with Gasteiger partial charge in [-0.1, -0.05) is 37.4 Å². The standard InChI is InChI=1S/C9H14O.C7H8O/c1-5-7-9(6-2)10-8(3)4;1-8-7-5-3-2-4-6-7/h5-8H,1-2H2,3-4H3;2-6H,1H3/b9-7+;. The van der Waals surface area contributed by atoms with Crippen LogP contribution in [0.25, 0.3) is 0 Å². The van der Waals surface area contributed by atoms with Gasteiger partial charge in [-0.3, -0.25) is 0 Å². The van der Waals surface area contributed by atoms with E-state index in [1.54, 1.807) is 25.3 Å². The zero-order valence-electron chi connectivity index (χ0n) is 11.4. The van der Waals surface area contributed by atoms with Gasteiger partial charge in [0.1, 0.15) is 11.5 Å². The van der Waals surface area contributed by atoms with E-state index < -0.39 is 0 Å². The highest BCUT2D eigenvalue weighted by atomic mass is 16.5. The average Bonchev–Trinajstić information content (AvgIpc) is 2.39. The molecular formula is C16H22O2. The molecule has 0 aromatic heterocycles. The minimum absolute atomic E-state index is 0.198. The van der Waals surface area contributed by atoms with Gasteiger partial charge in [-0.05, 0) is 38.1 Å². The number of allylic oxidation sites excluding steroid dienone is 3. The van der Waals surface area contributed by atoms with Crippen LogP contribution in [0.15, 0.2) is 67.5 Å². The van der Waals surface area contributed by atoms with E-state index >= 15 is 0 Å². The maximum atomic E-state index is 5.31. The van der Waals surface area contributed by atoms with Gasteiger partial charge in [0.2, 0.25) is 0 Å². The van der Waals surface area contributed by atoms with E-state index in [0.29, 0.717) is 0 Å². The third-order valence-electron chi connectivity index (χ3n) is 1.83. The van der Waals surface area contributed by atoms with Gasteiger partial charge in [-0.2, -0.15) is 0 Å². The van der Waals surface area contributed by atoms with Gasteiger partial charge in [-0.25, -0.2) is 0 Å². The lowest BCUT2D eigenvalue weighted by Crippen LogP contribution is -1.99. The van der Waals surface area contributed by atoms with Crippen LogP contribution in [0.1, 0.15) is 13.8 Å². The van der Waals surface area contributed by atoms with Crippen molar-refractivity contribution in [3.8, 4) is 5.75 Å². The lowest BCUT2D eigenvalue weighted by atomic mass is 10.3. The Morgan fingerprint density at radius 2 is 1.78 bits per heavy atom. The molecule has 0 amide bonds. The molecule has 0 aliphatic heterocycles. The smallest absolute Gasteiger partial charge is 0.119 e. The zero-order chi connectivity index (χ0) is 13.8. The zero-order valence-corrected chi connectivity index (χ0v) is 11.4. The first-order chi connectivity index (χ1) is 8.63. The summed E-state index contributed by atoms with van der Waals surface area (Å²) in [6, 6.07) is 9.68. The van der Waals surface area contributed by atoms with Gasteiger partial charge in [0.25, 0.3) is 0 Å². The van der Waals surface area contributed by atoms with E-state index in [4.69, 9.17) is 9.47 Å². The molecule has 0 fully saturated rings. The molecule has 98 valence electrons. The molecule has 1 aromatic rings. The summed E-state index contributed by atoms with van der Waals surface area (Å²) in [5.74, 6) is 1.68. The Bertz CT molecular complexity index is 364. The van der Waals surface area contributed by atoms with E-state index in [1.165, 1.54) is 0 Å². The van der Waals surface area contributed by atoms with Crippen LogP contribution in [0.3, 0.4) is 0 Å². The predicted molar refractivity (Wildman–Crippen MR) is 77.7 cm³/mol. The largest absolute Gasteiger partial charge is 0.497 e. The summed E-state index contributed by atoms with van der Waals surface area (Å²) < 4.78 is 10.2. The Kier molecular flexibility index (Phi) is 9.10. The molecule has 0 aliphatic carbocycles. The molecule has 0 heterocycles. The third kappa shape index (κ3) is 8.22. The quantitative estimate of drug-likeness (QED) is 0.567. The molecule has 0 aliphatic rings. The van der Waals surface area contributed by atoms with Crippen molar-refractivity contribution >= 4 is 0 Å². The number of ether oxygens (including phenoxy) is 2. The monoisotopic (exact) mass is 246 g/mol. The number of rotatable bonds is 5. The fourth-order valence-corrected chi connectivity index (χ4v) is 1.10. The molecular weight excluding hydrogens is 224 g/mol. The van der Waals surface area contributed by atoms with Crippen LogP contribution in [-0.2, 0) is 4.74 Å². The van der Waals surface area contributed by atoms with Crippen LogP contribution in [0.5, 0.6) is 5.75 Å². The second-order valence-corrected chi connectivity index (χ2v) is 3.69. The summed E-state index contributed by atoms with van der Waals surface area (Å²) in [5.41, 5.74) is 0.